The summed E-state index contributed by atoms with van der Waals surface area (Å²) < 4.78 is 6.97. The van der Waals surface area contributed by atoms with Crippen LogP contribution < -0.4 is 4.90 Å². The van der Waals surface area contributed by atoms with Crippen molar-refractivity contribution in [2.24, 2.45) is 0 Å². The molecule has 1 aliphatic carbocycles. The second-order valence-electron chi connectivity index (χ2n) is 15.9. The Labute approximate surface area is 355 Å². The summed E-state index contributed by atoms with van der Waals surface area (Å²) in [6.07, 6.45) is 0. The van der Waals surface area contributed by atoms with Gasteiger partial charge in [-0.25, -0.2) is 0 Å². The van der Waals surface area contributed by atoms with E-state index in [0.29, 0.717) is 0 Å². The van der Waals surface area contributed by atoms with Crippen LogP contribution in [0.1, 0.15) is 22.3 Å². The van der Waals surface area contributed by atoms with Crippen molar-refractivity contribution < 1.29 is 4.42 Å². The van der Waals surface area contributed by atoms with Crippen LogP contribution in [-0.4, -0.2) is 0 Å². The molecule has 0 unspecified atom stereocenters. The molecule has 0 fully saturated rings. The summed E-state index contributed by atoms with van der Waals surface area (Å²) in [4.78, 5) is 2.37. The number of para-hydroxylation sites is 1. The number of furan rings is 1. The molecule has 2 nitrogen and oxygen atoms in total. The summed E-state index contributed by atoms with van der Waals surface area (Å²) in [6, 6.07) is 85.8. The molecule has 0 saturated carbocycles. The fraction of sp³-hybridized carbons (Fsp3) is 0.0169. The van der Waals surface area contributed by atoms with E-state index < -0.39 is 5.41 Å². The maximum Gasteiger partial charge on any atom is 0.143 e. The smallest absolute Gasteiger partial charge is 0.143 e. The van der Waals surface area contributed by atoms with Gasteiger partial charge in [0.2, 0.25) is 0 Å². The summed E-state index contributed by atoms with van der Waals surface area (Å²) in [5.41, 5.74) is 16.9. The second-order valence-corrected chi connectivity index (χ2v) is 15.9. The Bertz CT molecular complexity index is 3350. The first kappa shape index (κ1) is 35.0. The highest BCUT2D eigenvalue weighted by molar-refractivity contribution is 6.23. The Kier molecular flexibility index (Phi) is 8.11. The Hall–Kier alpha value is -7.94. The molecule has 0 spiro atoms. The van der Waals surface area contributed by atoms with Crippen molar-refractivity contribution in [2.75, 3.05) is 4.90 Å². The average molecular weight is 778 g/mol. The molecule has 0 radical (unpaired) electrons. The van der Waals surface area contributed by atoms with E-state index in [9.17, 15) is 0 Å². The minimum atomic E-state index is -0.494. The van der Waals surface area contributed by atoms with E-state index in [4.69, 9.17) is 4.42 Å². The van der Waals surface area contributed by atoms with Gasteiger partial charge in [0.25, 0.3) is 0 Å². The Morgan fingerprint density at radius 2 is 0.902 bits per heavy atom. The summed E-state index contributed by atoms with van der Waals surface area (Å²) in [6.45, 7) is 0. The number of nitrogens with zero attached hydrogens (tertiary/aromatic N) is 1. The first-order valence-corrected chi connectivity index (χ1v) is 21.0. The largest absolute Gasteiger partial charge is 0.455 e. The first-order chi connectivity index (χ1) is 30.3. The van der Waals surface area contributed by atoms with E-state index in [-0.39, 0.29) is 0 Å². The first-order valence-electron chi connectivity index (χ1n) is 21.0. The molecule has 1 aromatic heterocycles. The molecule has 11 aromatic rings. The minimum Gasteiger partial charge on any atom is -0.455 e. The van der Waals surface area contributed by atoms with Crippen LogP contribution in [0.2, 0.25) is 0 Å². The zero-order valence-electron chi connectivity index (χ0n) is 33.4. The molecule has 0 bridgehead atoms. The number of hydrogen-bond acceptors (Lipinski definition) is 2. The maximum atomic E-state index is 6.97. The molecule has 2 heteroatoms. The van der Waals surface area contributed by atoms with Gasteiger partial charge in [-0.1, -0.05) is 194 Å². The third kappa shape index (κ3) is 5.36. The molecule has 286 valence electrons. The van der Waals surface area contributed by atoms with Gasteiger partial charge in [-0.3, -0.25) is 0 Å². The molecule has 61 heavy (non-hydrogen) atoms. The zero-order valence-corrected chi connectivity index (χ0v) is 33.4. The van der Waals surface area contributed by atoms with Gasteiger partial charge < -0.3 is 9.32 Å². The molecule has 10 aromatic carbocycles. The molecule has 0 atom stereocenters. The number of anilines is 3. The van der Waals surface area contributed by atoms with E-state index in [1.165, 1.54) is 55.6 Å². The van der Waals surface area contributed by atoms with E-state index in [0.717, 1.165) is 49.8 Å². The highest BCUT2D eigenvalue weighted by Crippen LogP contribution is 2.59. The van der Waals surface area contributed by atoms with Crippen LogP contribution in [-0.2, 0) is 5.41 Å². The molecule has 0 saturated heterocycles. The average Bonchev–Trinajstić information content (AvgIpc) is 3.88. The van der Waals surface area contributed by atoms with E-state index in [2.05, 4.69) is 241 Å². The van der Waals surface area contributed by atoms with E-state index >= 15 is 0 Å². The van der Waals surface area contributed by atoms with E-state index in [1.54, 1.807) is 0 Å². The summed E-state index contributed by atoms with van der Waals surface area (Å²) in [5, 5.41) is 4.42. The van der Waals surface area contributed by atoms with Crippen molar-refractivity contribution in [3.63, 3.8) is 0 Å². The van der Waals surface area contributed by atoms with Crippen molar-refractivity contribution in [1.82, 2.24) is 0 Å². The lowest BCUT2D eigenvalue weighted by Crippen LogP contribution is -2.28. The Morgan fingerprint density at radius 1 is 0.361 bits per heavy atom. The predicted octanol–water partition coefficient (Wildman–Crippen LogP) is 15.9. The molecular weight excluding hydrogens is 739 g/mol. The quantitative estimate of drug-likeness (QED) is 0.160. The highest BCUT2D eigenvalue weighted by Gasteiger charge is 2.46. The maximum absolute atomic E-state index is 6.97. The molecule has 1 aliphatic rings. The van der Waals surface area contributed by atoms with Gasteiger partial charge in [0.1, 0.15) is 11.2 Å². The van der Waals surface area contributed by atoms with Crippen molar-refractivity contribution in [2.45, 2.75) is 5.41 Å². The van der Waals surface area contributed by atoms with Crippen LogP contribution in [0.15, 0.2) is 241 Å². The van der Waals surface area contributed by atoms with Gasteiger partial charge in [-0.15, -0.1) is 0 Å². The number of fused-ring (bicyclic) bond motifs is 8. The van der Waals surface area contributed by atoms with Crippen molar-refractivity contribution in [3.05, 3.63) is 259 Å². The van der Waals surface area contributed by atoms with Gasteiger partial charge in [-0.05, 0) is 103 Å². The lowest BCUT2D eigenvalue weighted by atomic mass is 9.67. The monoisotopic (exact) mass is 777 g/mol. The topological polar surface area (TPSA) is 16.4 Å². The predicted molar refractivity (Wildman–Crippen MR) is 254 cm³/mol. The van der Waals surface area contributed by atoms with Crippen LogP contribution in [0.25, 0.3) is 66.1 Å². The standard InChI is InChI=1S/C59H39NO/c1-5-19-40(20-6-1)41-35-37-45(38-36-41)60(44-25-11-4-12-26-44)54-33-18-34-55-57(54)51-39-50(46-27-13-14-28-48(46)58(51)61-55)47-30-17-32-53-56(47)49-29-15-16-31-52(49)59(53,42-21-7-2-8-22-42)43-23-9-3-10-24-43/h1-39H. The van der Waals surface area contributed by atoms with Crippen LogP contribution in [0.3, 0.4) is 0 Å². The Morgan fingerprint density at radius 3 is 1.62 bits per heavy atom. The third-order valence-electron chi connectivity index (χ3n) is 12.7. The van der Waals surface area contributed by atoms with Crippen molar-refractivity contribution >= 4 is 49.8 Å². The van der Waals surface area contributed by atoms with E-state index in [1.807, 2.05) is 0 Å². The van der Waals surface area contributed by atoms with Crippen LogP contribution in [0.5, 0.6) is 0 Å². The number of rotatable bonds is 7. The molecule has 12 rings (SSSR count). The van der Waals surface area contributed by atoms with Gasteiger partial charge in [-0.2, -0.15) is 0 Å². The molecule has 1 heterocycles. The molecular formula is C59H39NO. The normalized spacial score (nSPS) is 12.7. The fourth-order valence-corrected chi connectivity index (χ4v) is 10.2. The summed E-state index contributed by atoms with van der Waals surface area (Å²) in [7, 11) is 0. The molecule has 0 amide bonds. The van der Waals surface area contributed by atoms with Gasteiger partial charge in [0.05, 0.1) is 16.5 Å². The summed E-state index contributed by atoms with van der Waals surface area (Å²) >= 11 is 0. The number of benzene rings is 10. The SMILES string of the molecule is c1ccc(-c2ccc(N(c3ccccc3)c3cccc4oc5c6ccccc6c(-c6cccc7c6-c6ccccc6C7(c6ccccc6)c6ccccc6)cc5c34)cc2)cc1. The fourth-order valence-electron chi connectivity index (χ4n) is 10.2. The van der Waals surface area contributed by atoms with Crippen LogP contribution in [0.4, 0.5) is 17.1 Å². The van der Waals surface area contributed by atoms with Crippen LogP contribution >= 0.6 is 0 Å². The third-order valence-corrected chi connectivity index (χ3v) is 12.7. The minimum absolute atomic E-state index is 0.494. The van der Waals surface area contributed by atoms with Crippen LogP contribution in [0, 0.1) is 0 Å². The molecule has 0 N–H and O–H groups in total. The highest BCUT2D eigenvalue weighted by atomic mass is 16.3. The second kappa shape index (κ2) is 14.1. The zero-order chi connectivity index (χ0) is 40.3. The van der Waals surface area contributed by atoms with Gasteiger partial charge in [0.15, 0.2) is 0 Å². The molecule has 0 aliphatic heterocycles. The van der Waals surface area contributed by atoms with Crippen molar-refractivity contribution in [3.8, 4) is 33.4 Å². The Balaban J connectivity index is 1.13. The van der Waals surface area contributed by atoms with Gasteiger partial charge >= 0.3 is 0 Å². The lowest BCUT2D eigenvalue weighted by molar-refractivity contribution is 0.672. The summed E-state index contributed by atoms with van der Waals surface area (Å²) in [5.74, 6) is 0. The lowest BCUT2D eigenvalue weighted by Gasteiger charge is -2.34. The number of hydrogen-bond donors (Lipinski definition) is 0. The van der Waals surface area contributed by atoms with Crippen molar-refractivity contribution in [1.29, 1.82) is 0 Å². The van der Waals surface area contributed by atoms with Gasteiger partial charge in [0, 0.05) is 22.1 Å².